The van der Waals surface area contributed by atoms with Crippen LogP contribution in [0.5, 0.6) is 0 Å². The van der Waals surface area contributed by atoms with Crippen LogP contribution in [-0.2, 0) is 4.79 Å². The highest BCUT2D eigenvalue weighted by molar-refractivity contribution is 5.85. The van der Waals surface area contributed by atoms with Gasteiger partial charge in [-0.1, -0.05) is 12.8 Å². The third-order valence-corrected chi connectivity index (χ3v) is 4.42. The highest BCUT2D eigenvalue weighted by Gasteiger charge is 2.22. The maximum Gasteiger partial charge on any atom is 0.223 e. The van der Waals surface area contributed by atoms with Gasteiger partial charge in [-0.3, -0.25) is 4.79 Å². The minimum absolute atomic E-state index is 0. The van der Waals surface area contributed by atoms with E-state index in [0.717, 1.165) is 45.1 Å². The van der Waals surface area contributed by atoms with Gasteiger partial charge in [0.1, 0.15) is 0 Å². The molecule has 0 aromatic heterocycles. The summed E-state index contributed by atoms with van der Waals surface area (Å²) in [5.41, 5.74) is 0. The molecule has 5 heteroatoms. The van der Waals surface area contributed by atoms with Gasteiger partial charge in [-0.05, 0) is 45.8 Å². The summed E-state index contributed by atoms with van der Waals surface area (Å²) in [6.07, 6.45) is 7.39. The van der Waals surface area contributed by atoms with Crippen molar-refractivity contribution < 1.29 is 4.79 Å². The zero-order valence-electron chi connectivity index (χ0n) is 12.0. The monoisotopic (exact) mass is 289 g/mol. The number of piperidine rings is 1. The second kappa shape index (κ2) is 8.77. The normalized spacial score (nSPS) is 21.4. The Hall–Kier alpha value is -0.320. The molecule has 0 unspecified atom stereocenters. The first kappa shape index (κ1) is 16.7. The van der Waals surface area contributed by atoms with Crippen LogP contribution in [0.15, 0.2) is 0 Å². The van der Waals surface area contributed by atoms with Crippen LogP contribution in [0.25, 0.3) is 0 Å². The number of halogens is 1. The summed E-state index contributed by atoms with van der Waals surface area (Å²) in [5, 5.41) is 6.39. The molecule has 0 aromatic rings. The van der Waals surface area contributed by atoms with Crippen molar-refractivity contribution in [3.63, 3.8) is 0 Å². The number of likely N-dealkylation sites (N-methyl/N-ethyl adjacent to an activating group) is 1. The molecule has 2 aliphatic rings. The average Bonchev–Trinajstić information content (AvgIpc) is 2.93. The Morgan fingerprint density at radius 3 is 2.47 bits per heavy atom. The van der Waals surface area contributed by atoms with Crippen LogP contribution in [0.1, 0.15) is 38.5 Å². The molecule has 0 spiro atoms. The summed E-state index contributed by atoms with van der Waals surface area (Å²) in [4.78, 5) is 14.4. The third-order valence-electron chi connectivity index (χ3n) is 4.42. The molecular weight excluding hydrogens is 262 g/mol. The Balaban J connectivity index is 0.00000180. The summed E-state index contributed by atoms with van der Waals surface area (Å²) in [6, 6.07) is 0.751. The highest BCUT2D eigenvalue weighted by Crippen LogP contribution is 2.21. The van der Waals surface area contributed by atoms with Crippen molar-refractivity contribution in [1.82, 2.24) is 15.5 Å². The molecule has 0 radical (unpaired) electrons. The van der Waals surface area contributed by atoms with Gasteiger partial charge in [0.2, 0.25) is 5.91 Å². The maximum atomic E-state index is 11.9. The van der Waals surface area contributed by atoms with Gasteiger partial charge in [0.15, 0.2) is 0 Å². The largest absolute Gasteiger partial charge is 0.355 e. The predicted octanol–water partition coefficient (Wildman–Crippen LogP) is 1.40. The molecule has 4 nitrogen and oxygen atoms in total. The van der Waals surface area contributed by atoms with Crippen molar-refractivity contribution in [3.05, 3.63) is 0 Å². The van der Waals surface area contributed by atoms with Crippen LogP contribution in [0, 0.1) is 5.92 Å². The van der Waals surface area contributed by atoms with Crippen LogP contribution in [0.4, 0.5) is 0 Å². The van der Waals surface area contributed by atoms with Crippen molar-refractivity contribution in [3.8, 4) is 0 Å². The summed E-state index contributed by atoms with van der Waals surface area (Å²) >= 11 is 0. The maximum absolute atomic E-state index is 11.9. The molecule has 0 aromatic carbocycles. The molecule has 112 valence electrons. The standard InChI is InChI=1S/C14H27N3O.ClH/c1-17(13-4-2-3-5-13)11-10-16-14(18)12-6-8-15-9-7-12;/h12-13,15H,2-11H2,1H3,(H,16,18);1H. The molecule has 2 N–H and O–H groups in total. The minimum Gasteiger partial charge on any atom is -0.355 e. The van der Waals surface area contributed by atoms with Crippen LogP contribution in [0.3, 0.4) is 0 Å². The topological polar surface area (TPSA) is 44.4 Å². The van der Waals surface area contributed by atoms with Gasteiger partial charge >= 0.3 is 0 Å². The van der Waals surface area contributed by atoms with Gasteiger partial charge in [0.05, 0.1) is 0 Å². The van der Waals surface area contributed by atoms with Gasteiger partial charge in [0, 0.05) is 25.0 Å². The van der Waals surface area contributed by atoms with Crippen LogP contribution >= 0.6 is 12.4 Å². The van der Waals surface area contributed by atoms with Crippen LogP contribution in [0.2, 0.25) is 0 Å². The highest BCUT2D eigenvalue weighted by atomic mass is 35.5. The number of carbonyl (C=O) groups excluding carboxylic acids is 1. The molecule has 1 aliphatic heterocycles. The van der Waals surface area contributed by atoms with E-state index in [1.54, 1.807) is 0 Å². The van der Waals surface area contributed by atoms with Gasteiger partial charge in [0.25, 0.3) is 0 Å². The van der Waals surface area contributed by atoms with E-state index in [-0.39, 0.29) is 24.2 Å². The van der Waals surface area contributed by atoms with Crippen molar-refractivity contribution in [2.24, 2.45) is 5.92 Å². The van der Waals surface area contributed by atoms with E-state index in [4.69, 9.17) is 0 Å². The molecule has 2 rings (SSSR count). The van der Waals surface area contributed by atoms with E-state index in [2.05, 4.69) is 22.6 Å². The van der Waals surface area contributed by atoms with Crippen molar-refractivity contribution >= 4 is 18.3 Å². The number of hydrogen-bond acceptors (Lipinski definition) is 3. The minimum atomic E-state index is 0. The zero-order chi connectivity index (χ0) is 12.8. The first-order chi connectivity index (χ1) is 8.77. The first-order valence-electron chi connectivity index (χ1n) is 7.46. The molecule has 19 heavy (non-hydrogen) atoms. The van der Waals surface area contributed by atoms with E-state index in [1.165, 1.54) is 25.7 Å². The molecule has 0 bridgehead atoms. The van der Waals surface area contributed by atoms with Gasteiger partial charge in [-0.15, -0.1) is 12.4 Å². The number of hydrogen-bond donors (Lipinski definition) is 2. The Morgan fingerprint density at radius 1 is 1.21 bits per heavy atom. The lowest BCUT2D eigenvalue weighted by Gasteiger charge is -2.25. The Kier molecular flexibility index (Phi) is 7.73. The smallest absolute Gasteiger partial charge is 0.223 e. The van der Waals surface area contributed by atoms with Crippen LogP contribution in [-0.4, -0.2) is 50.1 Å². The van der Waals surface area contributed by atoms with E-state index in [1.807, 2.05) is 0 Å². The Bertz CT molecular complexity index is 263. The molecule has 0 atom stereocenters. The van der Waals surface area contributed by atoms with Gasteiger partial charge in [-0.2, -0.15) is 0 Å². The number of rotatable bonds is 5. The zero-order valence-corrected chi connectivity index (χ0v) is 12.8. The quantitative estimate of drug-likeness (QED) is 0.804. The number of amides is 1. The van der Waals surface area contributed by atoms with E-state index < -0.39 is 0 Å². The van der Waals surface area contributed by atoms with E-state index >= 15 is 0 Å². The van der Waals surface area contributed by atoms with Gasteiger partial charge < -0.3 is 15.5 Å². The fraction of sp³-hybridized carbons (Fsp3) is 0.929. The molecule has 2 fully saturated rings. The fourth-order valence-electron chi connectivity index (χ4n) is 3.11. The lowest BCUT2D eigenvalue weighted by Crippen LogP contribution is -2.42. The van der Waals surface area contributed by atoms with Crippen molar-refractivity contribution in [2.45, 2.75) is 44.6 Å². The lowest BCUT2D eigenvalue weighted by atomic mass is 9.97. The fourth-order valence-corrected chi connectivity index (χ4v) is 3.11. The number of nitrogens with one attached hydrogen (secondary N) is 2. The van der Waals surface area contributed by atoms with E-state index in [0.29, 0.717) is 0 Å². The van der Waals surface area contributed by atoms with Gasteiger partial charge in [-0.25, -0.2) is 0 Å². The molecular formula is C14H28ClN3O. The Labute approximate surface area is 123 Å². The molecule has 1 amide bonds. The lowest BCUT2D eigenvalue weighted by molar-refractivity contribution is -0.125. The third kappa shape index (κ3) is 5.28. The number of nitrogens with zero attached hydrogens (tertiary/aromatic N) is 1. The second-order valence-electron chi connectivity index (χ2n) is 5.73. The second-order valence-corrected chi connectivity index (χ2v) is 5.73. The summed E-state index contributed by atoms with van der Waals surface area (Å²) in [5.74, 6) is 0.499. The van der Waals surface area contributed by atoms with Crippen molar-refractivity contribution in [2.75, 3.05) is 33.2 Å². The van der Waals surface area contributed by atoms with E-state index in [9.17, 15) is 4.79 Å². The van der Waals surface area contributed by atoms with Crippen LogP contribution < -0.4 is 10.6 Å². The summed E-state index contributed by atoms with van der Waals surface area (Å²) in [6.45, 7) is 3.76. The molecule has 1 heterocycles. The molecule has 1 saturated carbocycles. The predicted molar refractivity (Wildman–Crippen MR) is 80.7 cm³/mol. The average molecular weight is 290 g/mol. The summed E-state index contributed by atoms with van der Waals surface area (Å²) < 4.78 is 0. The molecule has 1 aliphatic carbocycles. The molecule has 1 saturated heterocycles. The summed E-state index contributed by atoms with van der Waals surface area (Å²) in [7, 11) is 2.19. The SMILES string of the molecule is CN(CCNC(=O)C1CCNCC1)C1CCCC1.Cl. The van der Waals surface area contributed by atoms with Crippen molar-refractivity contribution in [1.29, 1.82) is 0 Å². The Morgan fingerprint density at radius 2 is 1.84 bits per heavy atom. The first-order valence-corrected chi connectivity index (χ1v) is 7.46. The number of carbonyl (C=O) groups is 1.